The van der Waals surface area contributed by atoms with Crippen molar-refractivity contribution in [2.75, 3.05) is 12.4 Å². The zero-order valence-corrected chi connectivity index (χ0v) is 18.6. The lowest BCUT2D eigenvalue weighted by Gasteiger charge is -2.36. The highest BCUT2D eigenvalue weighted by Crippen LogP contribution is 2.45. The summed E-state index contributed by atoms with van der Waals surface area (Å²) in [4.78, 5) is 13.8. The molecule has 1 heterocycles. The Morgan fingerprint density at radius 2 is 2.07 bits per heavy atom. The number of rotatable bonds is 7. The maximum Gasteiger partial charge on any atom is 0.225 e. The van der Waals surface area contributed by atoms with E-state index in [9.17, 15) is 10.1 Å². The molecule has 1 amide bonds. The fourth-order valence-electron chi connectivity index (χ4n) is 3.99. The lowest BCUT2D eigenvalue weighted by molar-refractivity contribution is -0.116. The number of carbonyl (C=O) groups excluding carboxylic acids is 1. The number of nitrogens with one attached hydrogen (secondary N) is 1. The summed E-state index contributed by atoms with van der Waals surface area (Å²) < 4.78 is 5.17. The number of nitrogens with zero attached hydrogens (tertiary/aromatic N) is 1. The number of nitriles is 1. The third kappa shape index (κ3) is 4.82. The number of hydrogen-bond acceptors (Lipinski definition) is 4. The molecule has 5 heteroatoms. The second kappa shape index (κ2) is 9.00. The summed E-state index contributed by atoms with van der Waals surface area (Å²) >= 11 is 1.60. The van der Waals surface area contributed by atoms with Gasteiger partial charge in [-0.05, 0) is 60.3 Å². The molecule has 1 N–H and O–H groups in total. The number of methoxy groups -OCH3 is 1. The first-order valence-electron chi connectivity index (χ1n) is 10.3. The van der Waals surface area contributed by atoms with E-state index in [0.29, 0.717) is 29.7 Å². The Labute approximate surface area is 177 Å². The number of thiophene rings is 1. The van der Waals surface area contributed by atoms with Gasteiger partial charge in [-0.2, -0.15) is 5.26 Å². The summed E-state index contributed by atoms with van der Waals surface area (Å²) in [6, 6.07) is 10.1. The molecular weight excluding hydrogens is 380 g/mol. The van der Waals surface area contributed by atoms with Crippen molar-refractivity contribution in [3.05, 3.63) is 45.8 Å². The molecule has 2 aromatic rings. The van der Waals surface area contributed by atoms with Crippen molar-refractivity contribution in [2.45, 2.75) is 59.3 Å². The smallest absolute Gasteiger partial charge is 0.225 e. The minimum atomic E-state index is -0.0404. The van der Waals surface area contributed by atoms with E-state index in [1.54, 1.807) is 18.4 Å². The van der Waals surface area contributed by atoms with E-state index in [4.69, 9.17) is 4.74 Å². The predicted octanol–water partition coefficient (Wildman–Crippen LogP) is 5.74. The highest BCUT2D eigenvalue weighted by atomic mass is 32.1. The molecule has 154 valence electrons. The van der Waals surface area contributed by atoms with Crippen molar-refractivity contribution >= 4 is 22.2 Å². The van der Waals surface area contributed by atoms with Crippen molar-refractivity contribution in [1.29, 1.82) is 5.26 Å². The van der Waals surface area contributed by atoms with E-state index in [0.717, 1.165) is 47.6 Å². The summed E-state index contributed by atoms with van der Waals surface area (Å²) in [5.41, 5.74) is 3.23. The molecule has 0 aliphatic heterocycles. The number of ether oxygens (including phenoxy) is 1. The van der Waals surface area contributed by atoms with E-state index in [1.165, 1.54) is 4.88 Å². The van der Waals surface area contributed by atoms with Gasteiger partial charge < -0.3 is 10.1 Å². The molecule has 0 fully saturated rings. The Hall–Kier alpha value is -2.32. The average Bonchev–Trinajstić information content (AvgIpc) is 3.08. The Morgan fingerprint density at radius 1 is 1.34 bits per heavy atom. The number of fused-ring (bicyclic) bond motifs is 1. The number of benzene rings is 1. The standard InChI is InChI=1S/C24H30N2O2S/c1-5-24(2,3)17-9-12-19-20(15-25)23(29-21(19)14-17)26-22(27)13-8-16-6-10-18(28-4)11-7-16/h6-7,10-11,17H,5,8-9,12-14H2,1-4H3,(H,26,27). The van der Waals surface area contributed by atoms with E-state index < -0.39 is 0 Å². The zero-order chi connectivity index (χ0) is 21.0. The van der Waals surface area contributed by atoms with E-state index in [2.05, 4.69) is 32.2 Å². The first kappa shape index (κ1) is 21.4. The molecular formula is C24H30N2O2S. The van der Waals surface area contributed by atoms with Gasteiger partial charge in [-0.15, -0.1) is 11.3 Å². The Bertz CT molecular complexity index is 906. The van der Waals surface area contributed by atoms with Crippen LogP contribution in [-0.4, -0.2) is 13.0 Å². The highest BCUT2D eigenvalue weighted by molar-refractivity contribution is 7.16. The van der Waals surface area contributed by atoms with Crippen molar-refractivity contribution < 1.29 is 9.53 Å². The molecule has 1 aliphatic rings. The van der Waals surface area contributed by atoms with E-state index in [-0.39, 0.29) is 5.91 Å². The fraction of sp³-hybridized carbons (Fsp3) is 0.500. The van der Waals surface area contributed by atoms with Crippen LogP contribution in [0.2, 0.25) is 0 Å². The number of anilines is 1. The van der Waals surface area contributed by atoms with Crippen LogP contribution in [0.4, 0.5) is 5.00 Å². The Kier molecular flexibility index (Phi) is 6.64. The van der Waals surface area contributed by atoms with E-state index >= 15 is 0 Å². The van der Waals surface area contributed by atoms with Gasteiger partial charge in [0.15, 0.2) is 0 Å². The van der Waals surface area contributed by atoms with Crippen LogP contribution in [0.3, 0.4) is 0 Å². The van der Waals surface area contributed by atoms with Gasteiger partial charge in [0, 0.05) is 11.3 Å². The van der Waals surface area contributed by atoms with Crippen molar-refractivity contribution in [1.82, 2.24) is 0 Å². The first-order valence-corrected chi connectivity index (χ1v) is 11.2. The summed E-state index contributed by atoms with van der Waals surface area (Å²) in [7, 11) is 1.64. The quantitative estimate of drug-likeness (QED) is 0.633. The minimum Gasteiger partial charge on any atom is -0.497 e. The molecule has 0 saturated heterocycles. The maximum atomic E-state index is 12.5. The van der Waals surface area contributed by atoms with Gasteiger partial charge in [-0.25, -0.2) is 0 Å². The lowest BCUT2D eigenvalue weighted by Crippen LogP contribution is -2.28. The largest absolute Gasteiger partial charge is 0.497 e. The molecule has 0 spiro atoms. The van der Waals surface area contributed by atoms with Crippen LogP contribution in [0.15, 0.2) is 24.3 Å². The van der Waals surface area contributed by atoms with Crippen LogP contribution in [-0.2, 0) is 24.1 Å². The molecule has 0 bridgehead atoms. The summed E-state index contributed by atoms with van der Waals surface area (Å²) in [5, 5.41) is 13.4. The fourth-order valence-corrected chi connectivity index (χ4v) is 5.28. The summed E-state index contributed by atoms with van der Waals surface area (Å²) in [6.07, 6.45) is 5.27. The van der Waals surface area contributed by atoms with Crippen molar-refractivity contribution in [2.24, 2.45) is 11.3 Å². The van der Waals surface area contributed by atoms with Crippen LogP contribution in [0.5, 0.6) is 5.75 Å². The zero-order valence-electron chi connectivity index (χ0n) is 17.8. The van der Waals surface area contributed by atoms with Crippen LogP contribution in [0.25, 0.3) is 0 Å². The molecule has 1 unspecified atom stereocenters. The van der Waals surface area contributed by atoms with Gasteiger partial charge in [0.05, 0.1) is 12.7 Å². The molecule has 0 saturated carbocycles. The number of hydrogen-bond donors (Lipinski definition) is 1. The highest BCUT2D eigenvalue weighted by Gasteiger charge is 2.34. The minimum absolute atomic E-state index is 0.0404. The normalized spacial score (nSPS) is 16.0. The number of aryl methyl sites for hydroxylation is 1. The second-order valence-electron chi connectivity index (χ2n) is 8.50. The Morgan fingerprint density at radius 3 is 2.69 bits per heavy atom. The average molecular weight is 411 g/mol. The number of carbonyl (C=O) groups is 1. The van der Waals surface area contributed by atoms with Crippen LogP contribution in [0, 0.1) is 22.7 Å². The third-order valence-electron chi connectivity index (χ3n) is 6.45. The number of amides is 1. The lowest BCUT2D eigenvalue weighted by atomic mass is 9.69. The van der Waals surface area contributed by atoms with E-state index in [1.807, 2.05) is 24.3 Å². The molecule has 1 aliphatic carbocycles. The first-order chi connectivity index (χ1) is 13.9. The SMILES string of the molecule is CCC(C)(C)C1CCc2c(sc(NC(=O)CCc3ccc(OC)cc3)c2C#N)C1. The molecule has 1 aromatic carbocycles. The molecule has 3 rings (SSSR count). The van der Waals surface area contributed by atoms with Gasteiger partial charge in [-0.3, -0.25) is 4.79 Å². The van der Waals surface area contributed by atoms with Crippen molar-refractivity contribution in [3.8, 4) is 11.8 Å². The predicted molar refractivity (Wildman–Crippen MR) is 119 cm³/mol. The molecule has 0 radical (unpaired) electrons. The molecule has 4 nitrogen and oxygen atoms in total. The molecule has 29 heavy (non-hydrogen) atoms. The summed E-state index contributed by atoms with van der Waals surface area (Å²) in [6.45, 7) is 6.92. The maximum absolute atomic E-state index is 12.5. The van der Waals surface area contributed by atoms with Gasteiger partial charge in [0.2, 0.25) is 5.91 Å². The van der Waals surface area contributed by atoms with Gasteiger partial charge >= 0.3 is 0 Å². The van der Waals surface area contributed by atoms with Crippen LogP contribution >= 0.6 is 11.3 Å². The molecule has 1 atom stereocenters. The second-order valence-corrected chi connectivity index (χ2v) is 9.60. The topological polar surface area (TPSA) is 62.1 Å². The Balaban J connectivity index is 1.66. The van der Waals surface area contributed by atoms with Crippen molar-refractivity contribution in [3.63, 3.8) is 0 Å². The summed E-state index contributed by atoms with van der Waals surface area (Å²) in [5.74, 6) is 1.40. The molecule has 1 aromatic heterocycles. The van der Waals surface area contributed by atoms with Gasteiger partial charge in [0.25, 0.3) is 0 Å². The van der Waals surface area contributed by atoms with Gasteiger partial charge in [-0.1, -0.05) is 39.3 Å². The van der Waals surface area contributed by atoms with Crippen LogP contribution in [0.1, 0.15) is 61.6 Å². The van der Waals surface area contributed by atoms with Gasteiger partial charge in [0.1, 0.15) is 16.8 Å². The monoisotopic (exact) mass is 410 g/mol. The third-order valence-corrected chi connectivity index (χ3v) is 7.62. The van der Waals surface area contributed by atoms with Crippen LogP contribution < -0.4 is 10.1 Å².